The molecule has 3 aliphatic heterocycles. The maximum atomic E-state index is 13.6. The van der Waals surface area contributed by atoms with E-state index in [1.165, 1.54) is 22.3 Å². The van der Waals surface area contributed by atoms with Gasteiger partial charge in [0.05, 0.1) is 12.1 Å². The van der Waals surface area contributed by atoms with E-state index in [9.17, 15) is 9.59 Å². The number of likely N-dealkylation sites (N-methyl/N-ethyl adjacent to an activating group) is 1. The summed E-state index contributed by atoms with van der Waals surface area (Å²) >= 11 is 0. The molecule has 1 atom stereocenters. The summed E-state index contributed by atoms with van der Waals surface area (Å²) in [5.74, 6) is 0.232. The first-order valence-corrected chi connectivity index (χ1v) is 11.9. The molecular weight excluding hydrogens is 402 g/mol. The Labute approximate surface area is 192 Å². The van der Waals surface area contributed by atoms with Gasteiger partial charge in [0.2, 0.25) is 0 Å². The third kappa shape index (κ3) is 3.67. The van der Waals surface area contributed by atoms with Crippen molar-refractivity contribution in [2.45, 2.75) is 84.9 Å². The Balaban J connectivity index is 1.67. The number of carbonyl (C=O) groups is 2. The molecule has 4 rings (SSSR count). The number of amides is 3. The van der Waals surface area contributed by atoms with Crippen molar-refractivity contribution in [1.29, 1.82) is 0 Å². The molecule has 0 saturated carbocycles. The highest BCUT2D eigenvalue weighted by Crippen LogP contribution is 2.47. The first kappa shape index (κ1) is 22.7. The molecule has 3 heterocycles. The highest BCUT2D eigenvalue weighted by Gasteiger charge is 2.55. The number of urea groups is 1. The van der Waals surface area contributed by atoms with Gasteiger partial charge in [-0.25, -0.2) is 9.59 Å². The lowest BCUT2D eigenvalue weighted by molar-refractivity contribution is 0.0113. The first-order valence-electron chi connectivity index (χ1n) is 11.9. The summed E-state index contributed by atoms with van der Waals surface area (Å²) in [6, 6.07) is 4.55. The van der Waals surface area contributed by atoms with Gasteiger partial charge in [-0.15, -0.1) is 0 Å². The van der Waals surface area contributed by atoms with E-state index in [4.69, 9.17) is 4.74 Å². The van der Waals surface area contributed by atoms with Crippen LogP contribution in [-0.2, 0) is 11.3 Å². The monoisotopic (exact) mass is 439 g/mol. The van der Waals surface area contributed by atoms with E-state index in [-0.39, 0.29) is 23.6 Å². The number of fused-ring (bicyclic) bond motifs is 3. The second kappa shape index (κ2) is 7.82. The molecule has 174 valence electrons. The summed E-state index contributed by atoms with van der Waals surface area (Å²) in [5, 5.41) is 0. The van der Waals surface area contributed by atoms with Gasteiger partial charge in [0.15, 0.2) is 0 Å². The standard InChI is InChI=1S/C26H37N3O3/c1-8-29-23(30)28-16-20-14-17(2)13-18(3)22(20)19(4)15-21(28)26(29)9-11-27(12-10-26)24(31)32-25(5,6)7/h13-15,19H,8-12,16H2,1-7H3/t19-/m1/s1. The molecule has 0 radical (unpaired) electrons. The molecule has 3 aliphatic rings. The number of hydrogen-bond acceptors (Lipinski definition) is 3. The Morgan fingerprint density at radius 3 is 2.44 bits per heavy atom. The van der Waals surface area contributed by atoms with Crippen molar-refractivity contribution in [2.75, 3.05) is 19.6 Å². The van der Waals surface area contributed by atoms with Crippen LogP contribution >= 0.6 is 0 Å². The average molecular weight is 440 g/mol. The quantitative estimate of drug-likeness (QED) is 0.594. The van der Waals surface area contributed by atoms with E-state index in [2.05, 4.69) is 45.9 Å². The highest BCUT2D eigenvalue weighted by molar-refractivity contribution is 5.83. The van der Waals surface area contributed by atoms with Crippen LogP contribution in [0.5, 0.6) is 0 Å². The van der Waals surface area contributed by atoms with E-state index >= 15 is 0 Å². The van der Waals surface area contributed by atoms with E-state index in [1.54, 1.807) is 4.90 Å². The van der Waals surface area contributed by atoms with Crippen molar-refractivity contribution in [1.82, 2.24) is 14.7 Å². The minimum Gasteiger partial charge on any atom is -0.444 e. The fourth-order valence-electron chi connectivity index (χ4n) is 5.91. The van der Waals surface area contributed by atoms with Crippen molar-refractivity contribution >= 4 is 12.1 Å². The summed E-state index contributed by atoms with van der Waals surface area (Å²) in [5.41, 5.74) is 5.36. The van der Waals surface area contributed by atoms with Crippen LogP contribution in [0.1, 0.15) is 75.6 Å². The molecular formula is C26H37N3O3. The van der Waals surface area contributed by atoms with Crippen LogP contribution in [0.2, 0.25) is 0 Å². The number of nitrogens with zero attached hydrogens (tertiary/aromatic N) is 3. The van der Waals surface area contributed by atoms with E-state index in [1.807, 2.05) is 30.6 Å². The van der Waals surface area contributed by atoms with Gasteiger partial charge in [-0.05, 0) is 71.1 Å². The summed E-state index contributed by atoms with van der Waals surface area (Å²) in [6.45, 7) is 16.7. The number of allylic oxidation sites excluding steroid dienone is 1. The number of piperidine rings is 1. The molecule has 0 aromatic heterocycles. The predicted octanol–water partition coefficient (Wildman–Crippen LogP) is 5.33. The summed E-state index contributed by atoms with van der Waals surface area (Å²) in [4.78, 5) is 32.0. The molecule has 0 bridgehead atoms. The minimum absolute atomic E-state index is 0.0867. The van der Waals surface area contributed by atoms with Crippen LogP contribution in [0.4, 0.5) is 9.59 Å². The Kier molecular flexibility index (Phi) is 5.54. The zero-order valence-corrected chi connectivity index (χ0v) is 20.6. The van der Waals surface area contributed by atoms with Crippen molar-refractivity contribution in [3.05, 3.63) is 46.2 Å². The number of carbonyl (C=O) groups excluding carboxylic acids is 2. The Morgan fingerprint density at radius 1 is 1.19 bits per heavy atom. The van der Waals surface area contributed by atoms with Gasteiger partial charge >= 0.3 is 12.1 Å². The van der Waals surface area contributed by atoms with Gasteiger partial charge in [-0.1, -0.05) is 30.7 Å². The summed E-state index contributed by atoms with van der Waals surface area (Å²) in [6.07, 6.45) is 3.51. The van der Waals surface area contributed by atoms with Crippen LogP contribution < -0.4 is 0 Å². The van der Waals surface area contributed by atoms with Crippen molar-refractivity contribution in [2.24, 2.45) is 0 Å². The second-order valence-electron chi connectivity index (χ2n) is 10.6. The van der Waals surface area contributed by atoms with Crippen LogP contribution in [0, 0.1) is 13.8 Å². The molecule has 1 aromatic carbocycles. The zero-order valence-electron chi connectivity index (χ0n) is 20.6. The van der Waals surface area contributed by atoms with Crippen molar-refractivity contribution < 1.29 is 14.3 Å². The van der Waals surface area contributed by atoms with Crippen LogP contribution in [0.25, 0.3) is 0 Å². The Morgan fingerprint density at radius 2 is 1.84 bits per heavy atom. The Bertz CT molecular complexity index is 967. The second-order valence-corrected chi connectivity index (χ2v) is 10.6. The normalized spacial score (nSPS) is 22.5. The molecule has 3 amide bonds. The number of benzene rings is 1. The number of ether oxygens (including phenoxy) is 1. The number of likely N-dealkylation sites (tertiary alicyclic amines) is 1. The molecule has 2 fully saturated rings. The topological polar surface area (TPSA) is 53.1 Å². The molecule has 0 N–H and O–H groups in total. The maximum Gasteiger partial charge on any atom is 0.410 e. The van der Waals surface area contributed by atoms with Crippen molar-refractivity contribution in [3.63, 3.8) is 0 Å². The number of rotatable bonds is 1. The summed E-state index contributed by atoms with van der Waals surface area (Å²) < 4.78 is 5.59. The lowest BCUT2D eigenvalue weighted by Crippen LogP contribution is -2.55. The number of aryl methyl sites for hydroxylation is 2. The molecule has 32 heavy (non-hydrogen) atoms. The fourth-order valence-corrected chi connectivity index (χ4v) is 5.91. The fraction of sp³-hybridized carbons (Fsp3) is 0.615. The van der Waals surface area contributed by atoms with Gasteiger partial charge in [0, 0.05) is 31.2 Å². The molecule has 6 heteroatoms. The van der Waals surface area contributed by atoms with Gasteiger partial charge in [-0.3, -0.25) is 4.90 Å². The predicted molar refractivity (Wildman–Crippen MR) is 126 cm³/mol. The molecule has 2 saturated heterocycles. The van der Waals surface area contributed by atoms with Crippen LogP contribution in [-0.4, -0.2) is 57.6 Å². The Hall–Kier alpha value is -2.50. The van der Waals surface area contributed by atoms with E-state index in [0.717, 1.165) is 18.5 Å². The molecule has 6 nitrogen and oxygen atoms in total. The number of hydrogen-bond donors (Lipinski definition) is 0. The van der Waals surface area contributed by atoms with Gasteiger partial charge in [-0.2, -0.15) is 0 Å². The smallest absolute Gasteiger partial charge is 0.410 e. The van der Waals surface area contributed by atoms with Gasteiger partial charge in [0.1, 0.15) is 5.60 Å². The van der Waals surface area contributed by atoms with Crippen molar-refractivity contribution in [3.8, 4) is 0 Å². The maximum absolute atomic E-state index is 13.6. The lowest BCUT2D eigenvalue weighted by Gasteiger charge is -2.44. The molecule has 1 spiro atoms. The zero-order chi connectivity index (χ0) is 23.4. The molecule has 0 unspecified atom stereocenters. The highest BCUT2D eigenvalue weighted by atomic mass is 16.6. The van der Waals surface area contributed by atoms with E-state index < -0.39 is 5.60 Å². The lowest BCUT2D eigenvalue weighted by atomic mass is 9.82. The average Bonchev–Trinajstić information content (AvgIpc) is 2.79. The molecule has 1 aromatic rings. The largest absolute Gasteiger partial charge is 0.444 e. The van der Waals surface area contributed by atoms with Crippen LogP contribution in [0.15, 0.2) is 23.9 Å². The van der Waals surface area contributed by atoms with Crippen LogP contribution in [0.3, 0.4) is 0 Å². The van der Waals surface area contributed by atoms with E-state index in [0.29, 0.717) is 26.2 Å². The molecule has 0 aliphatic carbocycles. The first-order chi connectivity index (χ1) is 15.0. The minimum atomic E-state index is -0.511. The van der Waals surface area contributed by atoms with Gasteiger partial charge in [0.25, 0.3) is 0 Å². The third-order valence-corrected chi connectivity index (χ3v) is 7.11. The SMILES string of the molecule is CCN1C(=O)N2Cc3cc(C)cc(C)c3[C@H](C)C=C2C12CCN(C(=O)OC(C)(C)C)CC2. The summed E-state index contributed by atoms with van der Waals surface area (Å²) in [7, 11) is 0. The van der Waals surface area contributed by atoms with Gasteiger partial charge < -0.3 is 14.5 Å². The third-order valence-electron chi connectivity index (χ3n) is 7.11.